The van der Waals surface area contributed by atoms with Gasteiger partial charge in [0.25, 0.3) is 0 Å². The van der Waals surface area contributed by atoms with Gasteiger partial charge in [-0.3, -0.25) is 4.99 Å². The smallest absolute Gasteiger partial charge is 0.191 e. The Morgan fingerprint density at radius 2 is 1.74 bits per heavy atom. The lowest BCUT2D eigenvalue weighted by Crippen LogP contribution is -2.42. The average Bonchev–Trinajstić information content (AvgIpc) is 3.46. The highest BCUT2D eigenvalue weighted by molar-refractivity contribution is 7.91. The van der Waals surface area contributed by atoms with E-state index >= 15 is 0 Å². The number of nitrogens with one attached hydrogen (secondary N) is 2. The van der Waals surface area contributed by atoms with Gasteiger partial charge in [-0.05, 0) is 36.6 Å². The first-order valence-electron chi connectivity index (χ1n) is 8.94. The molecule has 144 valence electrons. The van der Waals surface area contributed by atoms with Crippen molar-refractivity contribution in [2.45, 2.75) is 23.2 Å². The molecule has 27 heavy (non-hydrogen) atoms. The number of sulfone groups is 1. The molecule has 0 aromatic heterocycles. The number of halogens is 1. The number of rotatable bonds is 7. The van der Waals surface area contributed by atoms with Crippen LogP contribution in [0, 0.1) is 5.82 Å². The minimum absolute atomic E-state index is 0.0316. The summed E-state index contributed by atoms with van der Waals surface area (Å²) in [4.78, 5) is 4.44. The lowest BCUT2D eigenvalue weighted by atomic mass is 9.95. The van der Waals surface area contributed by atoms with Gasteiger partial charge in [0.15, 0.2) is 15.8 Å². The Morgan fingerprint density at radius 1 is 1.07 bits per heavy atom. The third kappa shape index (κ3) is 4.66. The molecule has 2 N–H and O–H groups in total. The van der Waals surface area contributed by atoms with Crippen LogP contribution in [0.2, 0.25) is 0 Å². The molecule has 5 nitrogen and oxygen atoms in total. The summed E-state index contributed by atoms with van der Waals surface area (Å²) in [6, 6.07) is 15.2. The maximum absolute atomic E-state index is 14.1. The lowest BCUT2D eigenvalue weighted by Gasteiger charge is -2.19. The minimum Gasteiger partial charge on any atom is -0.356 e. The highest BCUT2D eigenvalue weighted by atomic mass is 32.2. The fourth-order valence-corrected chi connectivity index (χ4v) is 4.28. The van der Waals surface area contributed by atoms with Crippen molar-refractivity contribution in [3.63, 3.8) is 0 Å². The van der Waals surface area contributed by atoms with Crippen molar-refractivity contribution in [3.8, 4) is 0 Å². The van der Waals surface area contributed by atoms with Crippen LogP contribution in [0.15, 0.2) is 64.5 Å². The zero-order valence-corrected chi connectivity index (χ0v) is 16.1. The molecule has 0 aliphatic heterocycles. The number of guanidine groups is 1. The van der Waals surface area contributed by atoms with Crippen LogP contribution in [0.5, 0.6) is 0 Å². The molecule has 0 spiro atoms. The molecule has 2 aromatic rings. The quantitative estimate of drug-likeness (QED) is 0.564. The molecular weight excluding hydrogens is 365 g/mol. The highest BCUT2D eigenvalue weighted by Crippen LogP contribution is 2.48. The standard InChI is InChI=1S/C20H24FN3O2S/c1-22-19(23-13-14-27(25,26)16-7-3-2-4-8-16)24-15-20(11-12-20)17-9-5-6-10-18(17)21/h2-10H,11-15H2,1H3,(H2,22,23,24). The molecule has 0 radical (unpaired) electrons. The van der Waals surface area contributed by atoms with Gasteiger partial charge in [0.2, 0.25) is 0 Å². The first-order chi connectivity index (χ1) is 13.0. The molecule has 0 bridgehead atoms. The van der Waals surface area contributed by atoms with Crippen LogP contribution >= 0.6 is 0 Å². The van der Waals surface area contributed by atoms with E-state index in [1.54, 1.807) is 43.4 Å². The van der Waals surface area contributed by atoms with Crippen LogP contribution < -0.4 is 10.6 Å². The molecule has 0 atom stereocenters. The summed E-state index contributed by atoms with van der Waals surface area (Å²) < 4.78 is 38.7. The van der Waals surface area contributed by atoms with E-state index in [4.69, 9.17) is 0 Å². The fraction of sp³-hybridized carbons (Fsp3) is 0.350. The van der Waals surface area contributed by atoms with Crippen LogP contribution in [0.4, 0.5) is 4.39 Å². The van der Waals surface area contributed by atoms with Crippen molar-refractivity contribution in [1.29, 1.82) is 0 Å². The van der Waals surface area contributed by atoms with Gasteiger partial charge in [0.1, 0.15) is 5.82 Å². The van der Waals surface area contributed by atoms with Gasteiger partial charge >= 0.3 is 0 Å². The lowest BCUT2D eigenvalue weighted by molar-refractivity contribution is 0.559. The molecule has 1 aliphatic carbocycles. The van der Waals surface area contributed by atoms with Crippen molar-refractivity contribution < 1.29 is 12.8 Å². The third-order valence-electron chi connectivity index (χ3n) is 4.88. The van der Waals surface area contributed by atoms with E-state index in [1.165, 1.54) is 6.07 Å². The summed E-state index contributed by atoms with van der Waals surface area (Å²) >= 11 is 0. The first-order valence-corrected chi connectivity index (χ1v) is 10.6. The number of nitrogens with zero attached hydrogens (tertiary/aromatic N) is 1. The van der Waals surface area contributed by atoms with E-state index in [1.807, 2.05) is 12.1 Å². The van der Waals surface area contributed by atoms with Crippen molar-refractivity contribution in [2.75, 3.05) is 25.9 Å². The van der Waals surface area contributed by atoms with Crippen LogP contribution in [0.25, 0.3) is 0 Å². The second kappa shape index (κ2) is 8.08. The maximum Gasteiger partial charge on any atom is 0.191 e. The average molecular weight is 389 g/mol. The van der Waals surface area contributed by atoms with Crippen molar-refractivity contribution in [2.24, 2.45) is 4.99 Å². The molecule has 0 unspecified atom stereocenters. The second-order valence-electron chi connectivity index (χ2n) is 6.74. The van der Waals surface area contributed by atoms with Crippen molar-refractivity contribution >= 4 is 15.8 Å². The molecular formula is C20H24FN3O2S. The van der Waals surface area contributed by atoms with E-state index in [0.717, 1.165) is 18.4 Å². The summed E-state index contributed by atoms with van der Waals surface area (Å²) in [7, 11) is -1.71. The van der Waals surface area contributed by atoms with Gasteiger partial charge in [0.05, 0.1) is 10.6 Å². The Labute approximate surface area is 159 Å². The van der Waals surface area contributed by atoms with Gasteiger partial charge in [-0.2, -0.15) is 0 Å². The van der Waals surface area contributed by atoms with Gasteiger partial charge in [-0.15, -0.1) is 0 Å². The molecule has 1 aliphatic rings. The molecule has 7 heteroatoms. The Hall–Kier alpha value is -2.41. The monoisotopic (exact) mass is 389 g/mol. The van der Waals surface area contributed by atoms with Gasteiger partial charge in [-0.25, -0.2) is 12.8 Å². The third-order valence-corrected chi connectivity index (χ3v) is 6.61. The van der Waals surface area contributed by atoms with Crippen molar-refractivity contribution in [1.82, 2.24) is 10.6 Å². The van der Waals surface area contributed by atoms with Gasteiger partial charge < -0.3 is 10.6 Å². The molecule has 0 amide bonds. The zero-order chi connectivity index (χ0) is 19.3. The number of hydrogen-bond acceptors (Lipinski definition) is 3. The highest BCUT2D eigenvalue weighted by Gasteiger charge is 2.45. The van der Waals surface area contributed by atoms with Crippen LogP contribution in [0.3, 0.4) is 0 Å². The van der Waals surface area contributed by atoms with Gasteiger partial charge in [0, 0.05) is 25.6 Å². The Morgan fingerprint density at radius 3 is 2.37 bits per heavy atom. The van der Waals surface area contributed by atoms with E-state index in [9.17, 15) is 12.8 Å². The molecule has 3 rings (SSSR count). The summed E-state index contributed by atoms with van der Waals surface area (Å²) in [6.45, 7) is 0.794. The maximum atomic E-state index is 14.1. The Kier molecular flexibility index (Phi) is 5.79. The van der Waals surface area contributed by atoms with Crippen LogP contribution in [0.1, 0.15) is 18.4 Å². The minimum atomic E-state index is -3.34. The first kappa shape index (κ1) is 19.4. The summed E-state index contributed by atoms with van der Waals surface area (Å²) in [5, 5.41) is 6.23. The van der Waals surface area contributed by atoms with Gasteiger partial charge in [-0.1, -0.05) is 36.4 Å². The molecule has 1 fully saturated rings. The van der Waals surface area contributed by atoms with E-state index in [-0.39, 0.29) is 23.5 Å². The molecule has 2 aromatic carbocycles. The SMILES string of the molecule is CN=C(NCCS(=O)(=O)c1ccccc1)NCC1(c2ccccc2F)CC1. The van der Waals surface area contributed by atoms with E-state index in [2.05, 4.69) is 15.6 Å². The number of hydrogen-bond donors (Lipinski definition) is 2. The van der Waals surface area contributed by atoms with E-state index < -0.39 is 9.84 Å². The topological polar surface area (TPSA) is 70.6 Å². The fourth-order valence-electron chi connectivity index (χ4n) is 3.11. The van der Waals surface area contributed by atoms with Crippen molar-refractivity contribution in [3.05, 3.63) is 66.0 Å². The predicted molar refractivity (Wildman–Crippen MR) is 105 cm³/mol. The number of benzene rings is 2. The predicted octanol–water partition coefficient (Wildman–Crippen LogP) is 2.50. The molecule has 0 saturated heterocycles. The normalized spacial score (nSPS) is 16.0. The van der Waals surface area contributed by atoms with E-state index in [0.29, 0.717) is 17.4 Å². The van der Waals surface area contributed by atoms with Crippen LogP contribution in [-0.4, -0.2) is 40.3 Å². The largest absolute Gasteiger partial charge is 0.356 e. The zero-order valence-electron chi connectivity index (χ0n) is 15.3. The molecule has 1 saturated carbocycles. The van der Waals surface area contributed by atoms with Crippen LogP contribution in [-0.2, 0) is 15.3 Å². The second-order valence-corrected chi connectivity index (χ2v) is 8.85. The molecule has 0 heterocycles. The summed E-state index contributed by atoms with van der Waals surface area (Å²) in [6.07, 6.45) is 1.83. The Bertz CT molecular complexity index is 910. The summed E-state index contributed by atoms with van der Waals surface area (Å²) in [5.74, 6) is 0.297. The Balaban J connectivity index is 1.53. The summed E-state index contributed by atoms with van der Waals surface area (Å²) in [5.41, 5.74) is 0.513. The number of aliphatic imine (C=N–C) groups is 1.